The van der Waals surface area contributed by atoms with Crippen LogP contribution in [0, 0.1) is 18.6 Å². The molecule has 0 unspecified atom stereocenters. The molecular formula is C28H30F2N6O2. The molecule has 2 aromatic carbocycles. The molecule has 0 saturated carbocycles. The number of fused-ring (bicyclic) bond motifs is 1. The molecule has 4 heterocycles. The fourth-order valence-electron chi connectivity index (χ4n) is 5.01. The van der Waals surface area contributed by atoms with Gasteiger partial charge in [0, 0.05) is 68.3 Å². The maximum absolute atomic E-state index is 15.1. The minimum atomic E-state index is -0.581. The molecule has 0 radical (unpaired) electrons. The zero-order chi connectivity index (χ0) is 26.2. The number of nitrogens with zero attached hydrogens (tertiary/aromatic N) is 5. The number of likely N-dealkylation sites (tertiary alicyclic amines) is 1. The normalized spacial score (nSPS) is 17.2. The second-order valence-corrected chi connectivity index (χ2v) is 10.0. The molecule has 6 rings (SSSR count). The molecule has 2 saturated heterocycles. The van der Waals surface area contributed by atoms with E-state index in [1.807, 2.05) is 23.1 Å². The van der Waals surface area contributed by atoms with Crippen LogP contribution in [0.25, 0.3) is 16.7 Å². The Hall–Kier alpha value is -3.44. The van der Waals surface area contributed by atoms with E-state index in [0.717, 1.165) is 23.2 Å². The van der Waals surface area contributed by atoms with Crippen molar-refractivity contribution in [3.05, 3.63) is 77.1 Å². The number of morpholine rings is 1. The molecule has 4 aromatic rings. The molecule has 0 aliphatic carbocycles. The lowest BCUT2D eigenvalue weighted by atomic mass is 10.0. The molecule has 10 heteroatoms. The number of aromatic nitrogens is 3. The van der Waals surface area contributed by atoms with Gasteiger partial charge in [-0.3, -0.25) is 9.80 Å². The molecule has 2 aliphatic rings. The molecule has 2 aliphatic heterocycles. The summed E-state index contributed by atoms with van der Waals surface area (Å²) in [5.41, 5.74) is 4.14. The Balaban J connectivity index is 1.24. The van der Waals surface area contributed by atoms with Crippen LogP contribution in [-0.2, 0) is 17.8 Å². The highest BCUT2D eigenvalue weighted by atomic mass is 19.1. The van der Waals surface area contributed by atoms with Crippen molar-refractivity contribution in [3.63, 3.8) is 0 Å². The third-order valence-electron chi connectivity index (χ3n) is 7.25. The molecule has 2 fully saturated rings. The third-order valence-corrected chi connectivity index (χ3v) is 7.25. The first kappa shape index (κ1) is 24.9. The number of rotatable bonds is 7. The molecule has 0 bridgehead atoms. The summed E-state index contributed by atoms with van der Waals surface area (Å²) in [6, 6.07) is 10.6. The summed E-state index contributed by atoms with van der Waals surface area (Å²) in [6.45, 7) is 6.85. The van der Waals surface area contributed by atoms with Gasteiger partial charge in [-0.05, 0) is 48.4 Å². The van der Waals surface area contributed by atoms with E-state index in [1.165, 1.54) is 17.7 Å². The lowest BCUT2D eigenvalue weighted by Crippen LogP contribution is -2.49. The first-order chi connectivity index (χ1) is 18.4. The molecule has 198 valence electrons. The molecule has 2 aromatic heterocycles. The largest absolute Gasteiger partial charge is 0.390 e. The molecule has 8 nitrogen and oxygen atoms in total. The van der Waals surface area contributed by atoms with Crippen LogP contribution in [0.15, 0.2) is 48.8 Å². The Morgan fingerprint density at radius 2 is 1.79 bits per heavy atom. The van der Waals surface area contributed by atoms with Crippen LogP contribution in [0.5, 0.6) is 0 Å². The van der Waals surface area contributed by atoms with E-state index in [4.69, 9.17) is 4.74 Å². The van der Waals surface area contributed by atoms with Crippen molar-refractivity contribution in [1.82, 2.24) is 24.3 Å². The van der Waals surface area contributed by atoms with Crippen LogP contribution >= 0.6 is 0 Å². The van der Waals surface area contributed by atoms with E-state index >= 15 is 8.78 Å². The smallest absolute Gasteiger partial charge is 0.229 e. The Kier molecular flexibility index (Phi) is 6.79. The average molecular weight is 521 g/mol. The third kappa shape index (κ3) is 5.12. The molecule has 2 N–H and O–H groups in total. The highest BCUT2D eigenvalue weighted by molar-refractivity contribution is 5.79. The fraction of sp³-hybridized carbons (Fsp3) is 0.357. The Labute approximate surface area is 219 Å². The van der Waals surface area contributed by atoms with Crippen molar-refractivity contribution in [2.45, 2.75) is 26.1 Å². The van der Waals surface area contributed by atoms with Gasteiger partial charge in [0.25, 0.3) is 0 Å². The molecular weight excluding hydrogens is 490 g/mol. The number of aryl methyl sites for hydroxylation is 1. The Morgan fingerprint density at radius 1 is 1.03 bits per heavy atom. The van der Waals surface area contributed by atoms with Crippen molar-refractivity contribution in [2.75, 3.05) is 44.7 Å². The maximum Gasteiger partial charge on any atom is 0.229 e. The van der Waals surface area contributed by atoms with Gasteiger partial charge in [0.15, 0.2) is 0 Å². The topological polar surface area (TPSA) is 78.7 Å². The van der Waals surface area contributed by atoms with Crippen LogP contribution in [0.1, 0.15) is 16.7 Å². The number of hydrogen-bond acceptors (Lipinski definition) is 7. The number of nitrogens with one attached hydrogen (secondary N) is 1. The second kappa shape index (κ2) is 10.4. The van der Waals surface area contributed by atoms with Gasteiger partial charge >= 0.3 is 0 Å². The van der Waals surface area contributed by atoms with Crippen molar-refractivity contribution >= 4 is 22.7 Å². The predicted molar refractivity (Wildman–Crippen MR) is 141 cm³/mol. The molecule has 38 heavy (non-hydrogen) atoms. The van der Waals surface area contributed by atoms with Gasteiger partial charge < -0.3 is 19.7 Å². The minimum absolute atomic E-state index is 0.0620. The van der Waals surface area contributed by atoms with E-state index in [2.05, 4.69) is 33.2 Å². The Bertz CT molecular complexity index is 1440. The van der Waals surface area contributed by atoms with Crippen molar-refractivity contribution in [3.8, 4) is 5.69 Å². The lowest BCUT2D eigenvalue weighted by molar-refractivity contribution is -0.00295. The number of ether oxygens (including phenoxy) is 1. The molecule has 0 spiro atoms. The van der Waals surface area contributed by atoms with Gasteiger partial charge in [0.05, 0.1) is 25.0 Å². The first-order valence-electron chi connectivity index (χ1n) is 12.8. The zero-order valence-corrected chi connectivity index (χ0v) is 21.2. The van der Waals surface area contributed by atoms with E-state index < -0.39 is 11.6 Å². The summed E-state index contributed by atoms with van der Waals surface area (Å²) in [5.74, 6) is -0.776. The summed E-state index contributed by atoms with van der Waals surface area (Å²) >= 11 is 0. The SMILES string of the molecule is Cc1ccc(Nc2ncc3ccn(-c4cc(F)c(CN5CCOCC5)c(F)c4)c3n2)cc1CN1CC(O)C1. The fourth-order valence-corrected chi connectivity index (χ4v) is 5.01. The number of halogens is 2. The lowest BCUT2D eigenvalue weighted by Gasteiger charge is -2.36. The van der Waals surface area contributed by atoms with Crippen LogP contribution in [-0.4, -0.2) is 74.9 Å². The Morgan fingerprint density at radius 3 is 2.53 bits per heavy atom. The first-order valence-corrected chi connectivity index (χ1v) is 12.8. The predicted octanol–water partition coefficient (Wildman–Crippen LogP) is 3.76. The van der Waals surface area contributed by atoms with Gasteiger partial charge in [-0.25, -0.2) is 13.8 Å². The van der Waals surface area contributed by atoms with E-state index in [9.17, 15) is 5.11 Å². The number of benzene rings is 2. The summed E-state index contributed by atoms with van der Waals surface area (Å²) in [5, 5.41) is 13.6. The van der Waals surface area contributed by atoms with Crippen LogP contribution in [0.3, 0.4) is 0 Å². The van der Waals surface area contributed by atoms with Gasteiger partial charge in [-0.2, -0.15) is 4.98 Å². The van der Waals surface area contributed by atoms with Gasteiger partial charge in [-0.1, -0.05) is 6.07 Å². The van der Waals surface area contributed by atoms with Crippen molar-refractivity contribution < 1.29 is 18.6 Å². The summed E-state index contributed by atoms with van der Waals surface area (Å²) in [6.07, 6.45) is 3.19. The number of β-amino-alcohol motifs (C(OH)–C–C–N with tert-alkyl or cyclic N) is 1. The number of aliphatic hydroxyl groups is 1. The van der Waals surface area contributed by atoms with Gasteiger partial charge in [0.2, 0.25) is 5.95 Å². The number of aliphatic hydroxyl groups excluding tert-OH is 1. The second-order valence-electron chi connectivity index (χ2n) is 10.0. The van der Waals surface area contributed by atoms with Gasteiger partial charge in [-0.15, -0.1) is 0 Å². The number of anilines is 2. The standard InChI is InChI=1S/C28H30F2N6O2/c1-18-2-3-21(10-20(18)14-35-15-23(37)16-35)32-28-31-13-19-4-5-36(27(19)33-28)22-11-25(29)24(26(30)12-22)17-34-6-8-38-9-7-34/h2-5,10-13,23,37H,6-9,14-17H2,1H3,(H,31,32,33). The monoisotopic (exact) mass is 520 g/mol. The summed E-state index contributed by atoms with van der Waals surface area (Å²) in [7, 11) is 0. The van der Waals surface area contributed by atoms with Crippen molar-refractivity contribution in [1.29, 1.82) is 0 Å². The summed E-state index contributed by atoms with van der Waals surface area (Å²) < 4.78 is 37.1. The molecule has 0 atom stereocenters. The van der Waals surface area contributed by atoms with E-state index in [-0.39, 0.29) is 18.2 Å². The van der Waals surface area contributed by atoms with Crippen LogP contribution < -0.4 is 5.32 Å². The van der Waals surface area contributed by atoms with E-state index in [1.54, 1.807) is 17.0 Å². The highest BCUT2D eigenvalue weighted by Gasteiger charge is 2.24. The van der Waals surface area contributed by atoms with Crippen molar-refractivity contribution in [2.24, 2.45) is 0 Å². The highest BCUT2D eigenvalue weighted by Crippen LogP contribution is 2.26. The quantitative estimate of drug-likeness (QED) is 0.384. The van der Waals surface area contributed by atoms with Gasteiger partial charge in [0.1, 0.15) is 17.3 Å². The average Bonchev–Trinajstić information content (AvgIpc) is 3.31. The summed E-state index contributed by atoms with van der Waals surface area (Å²) in [4.78, 5) is 13.3. The van der Waals surface area contributed by atoms with Crippen LogP contribution in [0.4, 0.5) is 20.4 Å². The molecule has 0 amide bonds. The maximum atomic E-state index is 15.1. The number of hydrogen-bond donors (Lipinski definition) is 2. The minimum Gasteiger partial charge on any atom is -0.390 e. The zero-order valence-electron chi connectivity index (χ0n) is 21.2. The van der Waals surface area contributed by atoms with Crippen LogP contribution in [0.2, 0.25) is 0 Å². The van der Waals surface area contributed by atoms with E-state index in [0.29, 0.717) is 56.7 Å².